The first-order valence-corrected chi connectivity index (χ1v) is 6.72. The van der Waals surface area contributed by atoms with Crippen molar-refractivity contribution in [2.24, 2.45) is 0 Å². The average Bonchev–Trinajstić information content (AvgIpc) is 2.77. The van der Waals surface area contributed by atoms with Gasteiger partial charge in [0.15, 0.2) is 0 Å². The highest BCUT2D eigenvalue weighted by Gasteiger charge is 2.21. The fraction of sp³-hybridized carbons (Fsp3) is 0.714. The van der Waals surface area contributed by atoms with E-state index < -0.39 is 0 Å². The second-order valence-electron chi connectivity index (χ2n) is 5.21. The Labute approximate surface area is 104 Å². The molecule has 1 atom stereocenters. The van der Waals surface area contributed by atoms with Crippen molar-refractivity contribution >= 4 is 0 Å². The van der Waals surface area contributed by atoms with Crippen LogP contribution in [0.2, 0.25) is 0 Å². The molecule has 0 fully saturated rings. The lowest BCUT2D eigenvalue weighted by molar-refractivity contribution is 0.377. The van der Waals surface area contributed by atoms with E-state index in [0.717, 1.165) is 13.0 Å². The summed E-state index contributed by atoms with van der Waals surface area (Å²) in [4.78, 5) is 2.24. The molecule has 3 heteroatoms. The van der Waals surface area contributed by atoms with Gasteiger partial charge in [0.2, 0.25) is 0 Å². The summed E-state index contributed by atoms with van der Waals surface area (Å²) in [6.07, 6.45) is 7.96. The zero-order valence-electron chi connectivity index (χ0n) is 11.0. The van der Waals surface area contributed by atoms with Gasteiger partial charge in [-0.3, -0.25) is 0 Å². The molecule has 0 saturated heterocycles. The van der Waals surface area contributed by atoms with Crippen LogP contribution in [-0.2, 0) is 6.42 Å². The first-order valence-electron chi connectivity index (χ1n) is 6.72. The standard InChI is InChI=1S/C14H24N2O/c1-16(2)10-4-3-9-15-13-6-5-7-14-12(13)8-11-17-14/h8,11,13,15H,3-7,9-10H2,1-2H3. The third-order valence-electron chi connectivity index (χ3n) is 3.47. The minimum Gasteiger partial charge on any atom is -0.469 e. The van der Waals surface area contributed by atoms with Crippen LogP contribution in [0.3, 0.4) is 0 Å². The SMILES string of the molecule is CN(C)CCCCNC1CCCc2occc21. The maximum atomic E-state index is 5.50. The van der Waals surface area contributed by atoms with Gasteiger partial charge < -0.3 is 14.6 Å². The molecule has 2 rings (SSSR count). The normalized spacial score (nSPS) is 19.6. The molecule has 1 aliphatic rings. The first kappa shape index (κ1) is 12.7. The molecule has 1 N–H and O–H groups in total. The smallest absolute Gasteiger partial charge is 0.108 e. The van der Waals surface area contributed by atoms with Crippen LogP contribution in [0.15, 0.2) is 16.7 Å². The number of nitrogens with one attached hydrogen (secondary N) is 1. The van der Waals surface area contributed by atoms with Gasteiger partial charge in [-0.1, -0.05) is 0 Å². The van der Waals surface area contributed by atoms with Gasteiger partial charge in [-0.05, 0) is 58.9 Å². The molecule has 0 aliphatic heterocycles. The van der Waals surface area contributed by atoms with Crippen LogP contribution in [-0.4, -0.2) is 32.1 Å². The molecule has 0 saturated carbocycles. The van der Waals surface area contributed by atoms with E-state index >= 15 is 0 Å². The lowest BCUT2D eigenvalue weighted by Crippen LogP contribution is -2.26. The summed E-state index contributed by atoms with van der Waals surface area (Å²) in [7, 11) is 4.26. The maximum absolute atomic E-state index is 5.50. The summed E-state index contributed by atoms with van der Waals surface area (Å²) in [6, 6.07) is 2.66. The Bertz CT molecular complexity index is 333. The molecule has 1 unspecified atom stereocenters. The van der Waals surface area contributed by atoms with Crippen LogP contribution in [0.5, 0.6) is 0 Å². The second-order valence-corrected chi connectivity index (χ2v) is 5.21. The fourth-order valence-corrected chi connectivity index (χ4v) is 2.53. The minimum absolute atomic E-state index is 0.525. The molecular formula is C14H24N2O. The summed E-state index contributed by atoms with van der Waals surface area (Å²) >= 11 is 0. The van der Waals surface area contributed by atoms with Crippen LogP contribution < -0.4 is 5.32 Å². The van der Waals surface area contributed by atoms with Gasteiger partial charge in [0.25, 0.3) is 0 Å². The third kappa shape index (κ3) is 3.58. The number of hydrogen-bond acceptors (Lipinski definition) is 3. The van der Waals surface area contributed by atoms with Gasteiger partial charge in [0, 0.05) is 18.0 Å². The number of hydrogen-bond donors (Lipinski definition) is 1. The van der Waals surface area contributed by atoms with Gasteiger partial charge in [-0.25, -0.2) is 0 Å². The van der Waals surface area contributed by atoms with Crippen molar-refractivity contribution in [1.29, 1.82) is 0 Å². The molecule has 1 aromatic rings. The van der Waals surface area contributed by atoms with Gasteiger partial charge in [0.1, 0.15) is 5.76 Å². The third-order valence-corrected chi connectivity index (χ3v) is 3.47. The van der Waals surface area contributed by atoms with E-state index in [1.165, 1.54) is 43.6 Å². The first-order chi connectivity index (χ1) is 8.27. The van der Waals surface area contributed by atoms with Gasteiger partial charge >= 0.3 is 0 Å². The van der Waals surface area contributed by atoms with Crippen molar-refractivity contribution in [2.45, 2.75) is 38.1 Å². The lowest BCUT2D eigenvalue weighted by atomic mass is 9.93. The summed E-state index contributed by atoms with van der Waals surface area (Å²) in [5.41, 5.74) is 1.39. The molecule has 96 valence electrons. The van der Waals surface area contributed by atoms with E-state index in [1.807, 2.05) is 6.26 Å². The van der Waals surface area contributed by atoms with Crippen LogP contribution in [0, 0.1) is 0 Å². The van der Waals surface area contributed by atoms with E-state index in [1.54, 1.807) is 0 Å². The minimum atomic E-state index is 0.525. The lowest BCUT2D eigenvalue weighted by Gasteiger charge is -2.23. The zero-order valence-corrected chi connectivity index (χ0v) is 11.0. The van der Waals surface area contributed by atoms with E-state index in [2.05, 4.69) is 30.4 Å². The zero-order chi connectivity index (χ0) is 12.1. The molecule has 1 aliphatic carbocycles. The van der Waals surface area contributed by atoms with E-state index in [0.29, 0.717) is 6.04 Å². The van der Waals surface area contributed by atoms with Crippen LogP contribution in [0.25, 0.3) is 0 Å². The number of furan rings is 1. The molecule has 0 radical (unpaired) electrons. The molecule has 0 bridgehead atoms. The average molecular weight is 236 g/mol. The Balaban J connectivity index is 1.71. The molecule has 0 amide bonds. The van der Waals surface area contributed by atoms with E-state index in [9.17, 15) is 0 Å². The summed E-state index contributed by atoms with van der Waals surface area (Å²) < 4.78 is 5.50. The second kappa shape index (κ2) is 6.22. The summed E-state index contributed by atoms with van der Waals surface area (Å²) in [5, 5.41) is 3.66. The summed E-state index contributed by atoms with van der Waals surface area (Å²) in [6.45, 7) is 2.30. The molecule has 0 aromatic carbocycles. The highest BCUT2D eigenvalue weighted by molar-refractivity contribution is 5.23. The van der Waals surface area contributed by atoms with Crippen molar-refractivity contribution in [2.75, 3.05) is 27.2 Å². The molecule has 3 nitrogen and oxygen atoms in total. The number of rotatable bonds is 6. The maximum Gasteiger partial charge on any atom is 0.108 e. The Morgan fingerprint density at radius 3 is 3.12 bits per heavy atom. The van der Waals surface area contributed by atoms with E-state index in [-0.39, 0.29) is 0 Å². The molecule has 1 aromatic heterocycles. The number of fused-ring (bicyclic) bond motifs is 1. The topological polar surface area (TPSA) is 28.4 Å². The van der Waals surface area contributed by atoms with Crippen molar-refractivity contribution < 1.29 is 4.42 Å². The van der Waals surface area contributed by atoms with Crippen molar-refractivity contribution in [3.63, 3.8) is 0 Å². The molecule has 17 heavy (non-hydrogen) atoms. The number of aryl methyl sites for hydroxylation is 1. The Hall–Kier alpha value is -0.800. The summed E-state index contributed by atoms with van der Waals surface area (Å²) in [5.74, 6) is 1.20. The number of unbranched alkanes of at least 4 members (excludes halogenated alkanes) is 1. The predicted octanol–water partition coefficient (Wildman–Crippen LogP) is 2.59. The quantitative estimate of drug-likeness (QED) is 0.770. The van der Waals surface area contributed by atoms with Crippen LogP contribution >= 0.6 is 0 Å². The molecule has 1 heterocycles. The molecular weight excluding hydrogens is 212 g/mol. The highest BCUT2D eigenvalue weighted by atomic mass is 16.3. The van der Waals surface area contributed by atoms with Crippen molar-refractivity contribution in [3.05, 3.63) is 23.7 Å². The van der Waals surface area contributed by atoms with Crippen molar-refractivity contribution in [1.82, 2.24) is 10.2 Å². The Kier molecular flexibility index (Phi) is 4.63. The molecule has 0 spiro atoms. The number of nitrogens with zero attached hydrogens (tertiary/aromatic N) is 1. The van der Waals surface area contributed by atoms with Crippen LogP contribution in [0.4, 0.5) is 0 Å². The Morgan fingerprint density at radius 2 is 2.29 bits per heavy atom. The van der Waals surface area contributed by atoms with Gasteiger partial charge in [0.05, 0.1) is 6.26 Å². The Morgan fingerprint density at radius 1 is 1.41 bits per heavy atom. The van der Waals surface area contributed by atoms with Crippen molar-refractivity contribution in [3.8, 4) is 0 Å². The van der Waals surface area contributed by atoms with Gasteiger partial charge in [-0.15, -0.1) is 0 Å². The fourth-order valence-electron chi connectivity index (χ4n) is 2.53. The largest absolute Gasteiger partial charge is 0.469 e. The van der Waals surface area contributed by atoms with Crippen LogP contribution in [0.1, 0.15) is 43.0 Å². The van der Waals surface area contributed by atoms with E-state index in [4.69, 9.17) is 4.42 Å². The monoisotopic (exact) mass is 236 g/mol. The highest BCUT2D eigenvalue weighted by Crippen LogP contribution is 2.30. The predicted molar refractivity (Wildman–Crippen MR) is 70.2 cm³/mol. The van der Waals surface area contributed by atoms with Gasteiger partial charge in [-0.2, -0.15) is 0 Å².